The van der Waals surface area contributed by atoms with Crippen molar-refractivity contribution >= 4 is 35.0 Å². The zero-order chi connectivity index (χ0) is 22.8. The molecule has 32 heavy (non-hydrogen) atoms. The molecule has 1 aromatic carbocycles. The number of nitrogens with zero attached hydrogens (tertiary/aromatic N) is 4. The number of carboxylic acid groups (broad SMARTS) is 1. The molecule has 9 heteroatoms. The number of hydrogen-bond acceptors (Lipinski definition) is 7. The van der Waals surface area contributed by atoms with E-state index in [0.29, 0.717) is 35.2 Å². The molecule has 0 spiro atoms. The molecule has 1 amide bonds. The number of aromatic carboxylic acids is 1. The number of anilines is 4. The lowest BCUT2D eigenvalue weighted by Crippen LogP contribution is -2.38. The Balaban J connectivity index is 1.72. The molecule has 2 aliphatic carbocycles. The molecule has 0 aliphatic heterocycles. The van der Waals surface area contributed by atoms with Gasteiger partial charge in [0.2, 0.25) is 11.9 Å². The van der Waals surface area contributed by atoms with Gasteiger partial charge in [-0.3, -0.25) is 4.79 Å². The highest BCUT2D eigenvalue weighted by Crippen LogP contribution is 2.41. The Hall–Kier alpha value is -3.36. The summed E-state index contributed by atoms with van der Waals surface area (Å²) in [4.78, 5) is 36.7. The SMILES string of the molecule is COc1cc(C(=O)O)ccc1Nc1ncc(N(C)C(C)=O)c(N(C2CCCC2)C2CC2)n1. The van der Waals surface area contributed by atoms with E-state index in [1.54, 1.807) is 24.2 Å². The van der Waals surface area contributed by atoms with Crippen molar-refractivity contribution in [2.24, 2.45) is 0 Å². The average Bonchev–Trinajstić information content (AvgIpc) is 3.46. The fraction of sp³-hybridized carbons (Fsp3) is 0.478. The van der Waals surface area contributed by atoms with Gasteiger partial charge in [-0.05, 0) is 43.9 Å². The van der Waals surface area contributed by atoms with Gasteiger partial charge in [0.15, 0.2) is 5.82 Å². The molecule has 0 saturated heterocycles. The smallest absolute Gasteiger partial charge is 0.335 e. The maximum Gasteiger partial charge on any atom is 0.335 e. The van der Waals surface area contributed by atoms with Crippen LogP contribution in [0.3, 0.4) is 0 Å². The first-order valence-corrected chi connectivity index (χ1v) is 11.0. The van der Waals surface area contributed by atoms with Crippen LogP contribution in [-0.4, -0.2) is 53.2 Å². The summed E-state index contributed by atoms with van der Waals surface area (Å²) < 4.78 is 5.36. The van der Waals surface area contributed by atoms with Gasteiger partial charge in [0.05, 0.1) is 24.6 Å². The summed E-state index contributed by atoms with van der Waals surface area (Å²) in [5, 5.41) is 12.4. The van der Waals surface area contributed by atoms with Crippen LogP contribution in [0.1, 0.15) is 55.8 Å². The second-order valence-corrected chi connectivity index (χ2v) is 8.40. The van der Waals surface area contributed by atoms with E-state index in [4.69, 9.17) is 9.72 Å². The summed E-state index contributed by atoms with van der Waals surface area (Å²) in [5.41, 5.74) is 1.39. The van der Waals surface area contributed by atoms with E-state index in [-0.39, 0.29) is 11.5 Å². The Labute approximate surface area is 187 Å². The molecule has 0 radical (unpaired) electrons. The molecule has 0 bridgehead atoms. The summed E-state index contributed by atoms with van der Waals surface area (Å²) in [6.45, 7) is 1.53. The zero-order valence-corrected chi connectivity index (χ0v) is 18.7. The van der Waals surface area contributed by atoms with Crippen molar-refractivity contribution in [1.29, 1.82) is 0 Å². The Bertz CT molecular complexity index is 1020. The second kappa shape index (κ2) is 9.02. The van der Waals surface area contributed by atoms with Crippen LogP contribution in [0.2, 0.25) is 0 Å². The Morgan fingerprint density at radius 1 is 1.16 bits per heavy atom. The number of aromatic nitrogens is 2. The van der Waals surface area contributed by atoms with Crippen molar-refractivity contribution in [3.8, 4) is 5.75 Å². The van der Waals surface area contributed by atoms with Gasteiger partial charge >= 0.3 is 5.97 Å². The molecule has 1 heterocycles. The molecule has 2 aliphatic rings. The van der Waals surface area contributed by atoms with Crippen LogP contribution in [0.15, 0.2) is 24.4 Å². The third kappa shape index (κ3) is 4.46. The van der Waals surface area contributed by atoms with Gasteiger partial charge in [-0.1, -0.05) is 12.8 Å². The quantitative estimate of drug-likeness (QED) is 0.639. The summed E-state index contributed by atoms with van der Waals surface area (Å²) in [5.74, 6) is 0.404. The molecule has 1 aromatic heterocycles. The van der Waals surface area contributed by atoms with Crippen molar-refractivity contribution < 1.29 is 19.4 Å². The molecular formula is C23H29N5O4. The zero-order valence-electron chi connectivity index (χ0n) is 18.7. The number of carbonyl (C=O) groups excluding carboxylic acids is 1. The normalized spacial score (nSPS) is 16.0. The Morgan fingerprint density at radius 2 is 1.84 bits per heavy atom. The minimum absolute atomic E-state index is 0.0799. The second-order valence-electron chi connectivity index (χ2n) is 8.40. The molecule has 4 rings (SSSR count). The Morgan fingerprint density at radius 3 is 2.44 bits per heavy atom. The van der Waals surface area contributed by atoms with Crippen LogP contribution in [0.25, 0.3) is 0 Å². The van der Waals surface area contributed by atoms with Crippen molar-refractivity contribution in [1.82, 2.24) is 9.97 Å². The molecule has 2 saturated carbocycles. The first kappa shape index (κ1) is 21.9. The van der Waals surface area contributed by atoms with Crippen LogP contribution in [0, 0.1) is 0 Å². The molecule has 170 valence electrons. The topological polar surface area (TPSA) is 108 Å². The molecule has 0 atom stereocenters. The number of amides is 1. The fourth-order valence-corrected chi connectivity index (χ4v) is 4.25. The predicted molar refractivity (Wildman–Crippen MR) is 122 cm³/mol. The lowest BCUT2D eigenvalue weighted by atomic mass is 10.2. The lowest BCUT2D eigenvalue weighted by molar-refractivity contribution is -0.116. The van der Waals surface area contributed by atoms with E-state index in [1.165, 1.54) is 39.0 Å². The summed E-state index contributed by atoms with van der Waals surface area (Å²) >= 11 is 0. The van der Waals surface area contributed by atoms with Crippen LogP contribution in [0.4, 0.5) is 23.1 Å². The van der Waals surface area contributed by atoms with Crippen LogP contribution in [0.5, 0.6) is 5.75 Å². The lowest BCUT2D eigenvalue weighted by Gasteiger charge is -2.33. The summed E-state index contributed by atoms with van der Waals surface area (Å²) in [7, 11) is 3.23. The molecule has 2 fully saturated rings. The number of rotatable bonds is 8. The largest absolute Gasteiger partial charge is 0.495 e. The van der Waals surface area contributed by atoms with Gasteiger partial charge in [-0.25, -0.2) is 9.78 Å². The third-order valence-electron chi connectivity index (χ3n) is 6.18. The van der Waals surface area contributed by atoms with Gasteiger partial charge in [0.25, 0.3) is 0 Å². The van der Waals surface area contributed by atoms with Gasteiger partial charge in [-0.2, -0.15) is 4.98 Å². The standard InChI is InChI=1S/C23H29N5O4/c1-14(29)27(2)19-13-24-23(25-18-11-8-15(22(30)31)12-20(18)32-3)26-21(19)28(17-9-10-17)16-6-4-5-7-16/h8,11-13,16-17H,4-7,9-10H2,1-3H3,(H,30,31)(H,24,25,26). The maximum absolute atomic E-state index is 12.1. The van der Waals surface area contributed by atoms with Crippen LogP contribution >= 0.6 is 0 Å². The van der Waals surface area contributed by atoms with E-state index in [9.17, 15) is 14.7 Å². The van der Waals surface area contributed by atoms with Crippen molar-refractivity contribution in [3.63, 3.8) is 0 Å². The van der Waals surface area contributed by atoms with Crippen LogP contribution in [-0.2, 0) is 4.79 Å². The number of methoxy groups -OCH3 is 1. The first-order valence-electron chi connectivity index (χ1n) is 11.0. The van der Waals surface area contributed by atoms with E-state index >= 15 is 0 Å². The molecule has 2 aromatic rings. The van der Waals surface area contributed by atoms with Gasteiger partial charge in [0.1, 0.15) is 11.4 Å². The summed E-state index contributed by atoms with van der Waals surface area (Å²) in [6.07, 6.45) is 8.57. The number of benzene rings is 1. The highest BCUT2D eigenvalue weighted by atomic mass is 16.5. The number of hydrogen-bond donors (Lipinski definition) is 2. The first-order chi connectivity index (χ1) is 15.4. The molecule has 2 N–H and O–H groups in total. The number of carbonyl (C=O) groups is 2. The highest BCUT2D eigenvalue weighted by Gasteiger charge is 2.38. The third-order valence-corrected chi connectivity index (χ3v) is 6.18. The molecule has 9 nitrogen and oxygen atoms in total. The number of nitrogens with one attached hydrogen (secondary N) is 1. The number of ether oxygens (including phenoxy) is 1. The Kier molecular flexibility index (Phi) is 6.16. The molecular weight excluding hydrogens is 410 g/mol. The summed E-state index contributed by atoms with van der Waals surface area (Å²) in [6, 6.07) is 5.44. The van der Waals surface area contributed by atoms with Crippen molar-refractivity contribution in [2.45, 2.75) is 57.5 Å². The maximum atomic E-state index is 12.1. The van der Waals surface area contributed by atoms with E-state index in [0.717, 1.165) is 31.5 Å². The minimum atomic E-state index is -1.03. The fourth-order valence-electron chi connectivity index (χ4n) is 4.25. The monoisotopic (exact) mass is 439 g/mol. The van der Waals surface area contributed by atoms with E-state index < -0.39 is 5.97 Å². The van der Waals surface area contributed by atoms with Crippen molar-refractivity contribution in [3.05, 3.63) is 30.0 Å². The average molecular weight is 440 g/mol. The van der Waals surface area contributed by atoms with E-state index in [2.05, 4.69) is 15.2 Å². The highest BCUT2D eigenvalue weighted by molar-refractivity contribution is 5.94. The van der Waals surface area contributed by atoms with Gasteiger partial charge in [0, 0.05) is 26.1 Å². The van der Waals surface area contributed by atoms with Gasteiger partial charge in [-0.15, -0.1) is 0 Å². The van der Waals surface area contributed by atoms with Crippen LogP contribution < -0.4 is 19.9 Å². The number of carboxylic acids is 1. The van der Waals surface area contributed by atoms with E-state index in [1.807, 2.05) is 0 Å². The minimum Gasteiger partial charge on any atom is -0.495 e. The van der Waals surface area contributed by atoms with Gasteiger partial charge < -0.3 is 25.0 Å². The predicted octanol–water partition coefficient (Wildman–Crippen LogP) is 3.82. The van der Waals surface area contributed by atoms with Crippen molar-refractivity contribution in [2.75, 3.05) is 29.3 Å². The molecule has 0 unspecified atom stereocenters.